The molecule has 4 aliphatic rings. The molecule has 7 nitrogen and oxygen atoms in total. The van der Waals surface area contributed by atoms with E-state index < -0.39 is 10.0 Å². The molecule has 6 rings (SSSR count). The molecule has 1 amide bonds. The molecule has 0 heterocycles. The van der Waals surface area contributed by atoms with E-state index in [0.717, 1.165) is 29.6 Å². The number of ether oxygens (including phenoxy) is 2. The number of methoxy groups -OCH3 is 2. The fourth-order valence-corrected chi connectivity index (χ4v) is 8.32. The third-order valence-corrected chi connectivity index (χ3v) is 9.92. The van der Waals surface area contributed by atoms with Crippen LogP contribution in [0.25, 0.3) is 0 Å². The monoisotopic (exact) mass is 526 g/mol. The SMILES string of the molecule is COc1ccc([C@@H](C)NC(=O)CN(c2ccc(C34CC5CC(CC(C5)C3)C4)cc2)S(C)(=O)=O)cc1OC. The predicted octanol–water partition coefficient (Wildman–Crippen LogP) is 4.82. The van der Waals surface area contributed by atoms with Gasteiger partial charge in [-0.05, 0) is 104 Å². The fraction of sp³-hybridized carbons (Fsp3) is 0.552. The van der Waals surface area contributed by atoms with Gasteiger partial charge in [-0.1, -0.05) is 18.2 Å². The van der Waals surface area contributed by atoms with E-state index in [1.165, 1.54) is 48.4 Å². The number of carbonyl (C=O) groups is 1. The summed E-state index contributed by atoms with van der Waals surface area (Å²) in [4.78, 5) is 13.0. The van der Waals surface area contributed by atoms with Crippen molar-refractivity contribution >= 4 is 21.6 Å². The molecule has 0 unspecified atom stereocenters. The second-order valence-electron chi connectivity index (χ2n) is 11.4. The minimum atomic E-state index is -3.65. The molecule has 0 aromatic heterocycles. The van der Waals surface area contributed by atoms with Gasteiger partial charge >= 0.3 is 0 Å². The summed E-state index contributed by atoms with van der Waals surface area (Å²) in [5.74, 6) is 3.32. The number of anilines is 1. The molecule has 2 aromatic carbocycles. The number of nitrogens with one attached hydrogen (secondary N) is 1. The number of rotatable bonds is 9. The summed E-state index contributed by atoms with van der Waals surface area (Å²) in [7, 11) is -0.528. The number of sulfonamides is 1. The molecule has 200 valence electrons. The van der Waals surface area contributed by atoms with Crippen molar-refractivity contribution in [3.63, 3.8) is 0 Å². The van der Waals surface area contributed by atoms with Crippen LogP contribution < -0.4 is 19.1 Å². The van der Waals surface area contributed by atoms with E-state index in [-0.39, 0.29) is 23.9 Å². The van der Waals surface area contributed by atoms with E-state index >= 15 is 0 Å². The van der Waals surface area contributed by atoms with Crippen molar-refractivity contribution in [1.82, 2.24) is 5.32 Å². The Bertz CT molecular complexity index is 1220. The van der Waals surface area contributed by atoms with Crippen molar-refractivity contribution in [2.24, 2.45) is 17.8 Å². The van der Waals surface area contributed by atoms with Gasteiger partial charge in [0.15, 0.2) is 11.5 Å². The lowest BCUT2D eigenvalue weighted by Gasteiger charge is -2.57. The number of hydrogen-bond donors (Lipinski definition) is 1. The minimum Gasteiger partial charge on any atom is -0.493 e. The summed E-state index contributed by atoms with van der Waals surface area (Å²) in [6.45, 7) is 1.57. The molecule has 1 N–H and O–H groups in total. The molecule has 0 spiro atoms. The number of benzene rings is 2. The molecule has 4 aliphatic carbocycles. The Balaban J connectivity index is 1.30. The second kappa shape index (κ2) is 9.86. The molecule has 1 atom stereocenters. The Labute approximate surface area is 220 Å². The molecule has 0 aliphatic heterocycles. The maximum absolute atomic E-state index is 13.0. The summed E-state index contributed by atoms with van der Waals surface area (Å²) in [5.41, 5.74) is 2.92. The van der Waals surface area contributed by atoms with Gasteiger partial charge in [0.05, 0.1) is 32.2 Å². The van der Waals surface area contributed by atoms with Gasteiger partial charge in [0.1, 0.15) is 6.54 Å². The van der Waals surface area contributed by atoms with E-state index in [1.54, 1.807) is 26.4 Å². The van der Waals surface area contributed by atoms with E-state index in [1.807, 2.05) is 25.1 Å². The zero-order valence-corrected chi connectivity index (χ0v) is 23.0. The molecule has 4 bridgehead atoms. The van der Waals surface area contributed by atoms with Crippen molar-refractivity contribution < 1.29 is 22.7 Å². The van der Waals surface area contributed by atoms with Gasteiger partial charge in [-0.3, -0.25) is 9.10 Å². The summed E-state index contributed by atoms with van der Waals surface area (Å²) in [5, 5.41) is 2.92. The molecule has 4 fully saturated rings. The zero-order chi connectivity index (χ0) is 26.4. The highest BCUT2D eigenvalue weighted by atomic mass is 32.2. The van der Waals surface area contributed by atoms with E-state index in [2.05, 4.69) is 17.4 Å². The summed E-state index contributed by atoms with van der Waals surface area (Å²) < 4.78 is 37.2. The maximum Gasteiger partial charge on any atom is 0.241 e. The first-order valence-electron chi connectivity index (χ1n) is 13.2. The quantitative estimate of drug-likeness (QED) is 0.507. The van der Waals surface area contributed by atoms with Gasteiger partial charge in [0.2, 0.25) is 15.9 Å². The fourth-order valence-electron chi connectivity index (χ4n) is 7.47. The highest BCUT2D eigenvalue weighted by Crippen LogP contribution is 2.60. The maximum atomic E-state index is 13.0. The average Bonchev–Trinajstić information content (AvgIpc) is 2.85. The Kier molecular flexibility index (Phi) is 6.90. The molecule has 37 heavy (non-hydrogen) atoms. The van der Waals surface area contributed by atoms with E-state index in [9.17, 15) is 13.2 Å². The Hall–Kier alpha value is -2.74. The topological polar surface area (TPSA) is 84.9 Å². The van der Waals surface area contributed by atoms with Crippen molar-refractivity contribution in [3.8, 4) is 11.5 Å². The highest BCUT2D eigenvalue weighted by molar-refractivity contribution is 7.92. The second-order valence-corrected chi connectivity index (χ2v) is 13.3. The van der Waals surface area contributed by atoms with Crippen LogP contribution in [0, 0.1) is 17.8 Å². The first kappa shape index (κ1) is 25.9. The molecule has 2 aromatic rings. The van der Waals surface area contributed by atoms with Crippen LogP contribution in [0.3, 0.4) is 0 Å². The van der Waals surface area contributed by atoms with Gasteiger partial charge in [-0.15, -0.1) is 0 Å². The molecule has 8 heteroatoms. The minimum absolute atomic E-state index is 0.245. The normalized spacial score (nSPS) is 27.0. The van der Waals surface area contributed by atoms with Crippen LogP contribution in [-0.2, 0) is 20.2 Å². The molecule has 4 saturated carbocycles. The zero-order valence-electron chi connectivity index (χ0n) is 22.2. The van der Waals surface area contributed by atoms with Crippen molar-refractivity contribution in [1.29, 1.82) is 0 Å². The summed E-state index contributed by atoms with van der Waals surface area (Å²) in [6.07, 6.45) is 9.06. The Morgan fingerprint density at radius 1 is 0.973 bits per heavy atom. The molecular formula is C29H38N2O5S. The molecule has 0 saturated heterocycles. The number of nitrogens with zero attached hydrogens (tertiary/aromatic N) is 1. The standard InChI is InChI=1S/C29H38N2O5S/c1-19(23-5-10-26(35-2)27(14-23)36-3)30-28(32)18-31(37(4,33)34)25-8-6-24(7-9-25)29-15-20-11-21(16-29)13-22(12-20)17-29/h5-10,14,19-22H,11-13,15-18H2,1-4H3,(H,30,32)/t19-,20?,21?,22?,29?/m1/s1. The van der Waals surface area contributed by atoms with Crippen LogP contribution in [-0.4, -0.2) is 41.3 Å². The lowest BCUT2D eigenvalue weighted by atomic mass is 9.48. The third-order valence-electron chi connectivity index (χ3n) is 8.78. The number of carbonyl (C=O) groups excluding carboxylic acids is 1. The van der Waals surface area contributed by atoms with Gasteiger partial charge in [0, 0.05) is 0 Å². The Morgan fingerprint density at radius 3 is 2.05 bits per heavy atom. The van der Waals surface area contributed by atoms with Crippen molar-refractivity contribution in [2.45, 2.75) is 56.9 Å². The van der Waals surface area contributed by atoms with Crippen LogP contribution in [0.1, 0.15) is 62.6 Å². The van der Waals surface area contributed by atoms with Crippen molar-refractivity contribution in [2.75, 3.05) is 31.3 Å². The van der Waals surface area contributed by atoms with Gasteiger partial charge in [0.25, 0.3) is 0 Å². The van der Waals surface area contributed by atoms with Crippen molar-refractivity contribution in [3.05, 3.63) is 53.6 Å². The predicted molar refractivity (Wildman–Crippen MR) is 145 cm³/mol. The lowest BCUT2D eigenvalue weighted by Crippen LogP contribution is -2.48. The first-order chi connectivity index (χ1) is 17.6. The molecule has 0 radical (unpaired) electrons. The van der Waals surface area contributed by atoms with Crippen LogP contribution in [0.4, 0.5) is 5.69 Å². The van der Waals surface area contributed by atoms with Gasteiger partial charge < -0.3 is 14.8 Å². The van der Waals surface area contributed by atoms with Crippen LogP contribution in [0.2, 0.25) is 0 Å². The van der Waals surface area contributed by atoms with E-state index in [0.29, 0.717) is 17.2 Å². The molecular weight excluding hydrogens is 488 g/mol. The van der Waals surface area contributed by atoms with Crippen LogP contribution >= 0.6 is 0 Å². The van der Waals surface area contributed by atoms with Gasteiger partial charge in [-0.25, -0.2) is 8.42 Å². The van der Waals surface area contributed by atoms with E-state index in [4.69, 9.17) is 9.47 Å². The summed E-state index contributed by atoms with van der Waals surface area (Å²) >= 11 is 0. The average molecular weight is 527 g/mol. The number of hydrogen-bond acceptors (Lipinski definition) is 5. The summed E-state index contributed by atoms with van der Waals surface area (Å²) in [6, 6.07) is 13.1. The number of amides is 1. The highest BCUT2D eigenvalue weighted by Gasteiger charge is 2.51. The Morgan fingerprint density at radius 2 is 1.54 bits per heavy atom. The first-order valence-corrected chi connectivity index (χ1v) is 15.0. The third kappa shape index (κ3) is 5.17. The van der Waals surface area contributed by atoms with Crippen LogP contribution in [0.5, 0.6) is 11.5 Å². The smallest absolute Gasteiger partial charge is 0.241 e. The largest absolute Gasteiger partial charge is 0.493 e. The van der Waals surface area contributed by atoms with Crippen LogP contribution in [0.15, 0.2) is 42.5 Å². The lowest BCUT2D eigenvalue weighted by molar-refractivity contribution is -0.120. The van der Waals surface area contributed by atoms with Gasteiger partial charge in [-0.2, -0.15) is 0 Å².